The van der Waals surface area contributed by atoms with E-state index >= 15 is 0 Å². The summed E-state index contributed by atoms with van der Waals surface area (Å²) in [5.41, 5.74) is 0.812. The maximum Gasteiger partial charge on any atom is 0.262 e. The highest BCUT2D eigenvalue weighted by Crippen LogP contribution is 2.42. The van der Waals surface area contributed by atoms with E-state index in [0.29, 0.717) is 40.7 Å². The van der Waals surface area contributed by atoms with E-state index in [9.17, 15) is 9.59 Å². The van der Waals surface area contributed by atoms with Gasteiger partial charge < -0.3 is 24.3 Å². The molecule has 0 saturated heterocycles. The summed E-state index contributed by atoms with van der Waals surface area (Å²) in [5, 5.41) is 2.77. The molecule has 0 radical (unpaired) electrons. The number of hydrogen-bond acceptors (Lipinski definition) is 6. The molecule has 1 saturated carbocycles. The van der Waals surface area contributed by atoms with E-state index in [1.54, 1.807) is 36.4 Å². The van der Waals surface area contributed by atoms with Crippen molar-refractivity contribution in [2.75, 3.05) is 18.7 Å². The molecule has 1 spiro atoms. The molecule has 1 amide bonds. The zero-order chi connectivity index (χ0) is 20.6. The molecule has 3 aliphatic rings. The number of hydrogen-bond donors (Lipinski definition) is 1. The number of amides is 1. The monoisotopic (exact) mass is 409 g/mol. The molecule has 2 aliphatic heterocycles. The third kappa shape index (κ3) is 3.67. The molecule has 0 unspecified atom stereocenters. The first-order valence-electron chi connectivity index (χ1n) is 10.3. The van der Waals surface area contributed by atoms with Crippen molar-refractivity contribution in [3.8, 4) is 23.0 Å². The van der Waals surface area contributed by atoms with Gasteiger partial charge in [-0.3, -0.25) is 9.59 Å². The number of rotatable bonds is 4. The third-order valence-corrected chi connectivity index (χ3v) is 5.85. The molecule has 2 aromatic carbocycles. The Morgan fingerprint density at radius 3 is 2.70 bits per heavy atom. The van der Waals surface area contributed by atoms with Gasteiger partial charge in [-0.25, -0.2) is 0 Å². The van der Waals surface area contributed by atoms with Crippen LogP contribution in [-0.2, 0) is 4.79 Å². The lowest BCUT2D eigenvalue weighted by Crippen LogP contribution is -2.43. The summed E-state index contributed by atoms with van der Waals surface area (Å²) in [4.78, 5) is 24.9. The van der Waals surface area contributed by atoms with Crippen molar-refractivity contribution < 1.29 is 28.5 Å². The van der Waals surface area contributed by atoms with Gasteiger partial charge in [0, 0.05) is 17.8 Å². The standard InChI is InChI=1S/C23H23NO6/c25-18-12-23(8-2-1-3-9-23)30-20-11-16(5-6-17(18)20)27-13-22(26)24-15-4-7-19-21(10-15)29-14-28-19/h4-7,10-11H,1-3,8-9,12-14H2,(H,24,26). The molecule has 1 fully saturated rings. The lowest BCUT2D eigenvalue weighted by molar-refractivity contribution is -0.118. The Morgan fingerprint density at radius 1 is 1.00 bits per heavy atom. The summed E-state index contributed by atoms with van der Waals surface area (Å²) in [5.74, 6) is 2.13. The van der Waals surface area contributed by atoms with Crippen LogP contribution in [0.5, 0.6) is 23.0 Å². The molecular formula is C23H23NO6. The minimum atomic E-state index is -0.377. The van der Waals surface area contributed by atoms with Crippen LogP contribution in [0.4, 0.5) is 5.69 Å². The second-order valence-electron chi connectivity index (χ2n) is 8.01. The molecule has 2 heterocycles. The van der Waals surface area contributed by atoms with Crippen LogP contribution in [0.25, 0.3) is 0 Å². The number of benzene rings is 2. The van der Waals surface area contributed by atoms with Gasteiger partial charge in [0.25, 0.3) is 5.91 Å². The molecule has 0 bridgehead atoms. The summed E-state index contributed by atoms with van der Waals surface area (Å²) in [7, 11) is 0. The van der Waals surface area contributed by atoms with Gasteiger partial charge in [0.1, 0.15) is 17.1 Å². The minimum Gasteiger partial charge on any atom is -0.486 e. The van der Waals surface area contributed by atoms with Gasteiger partial charge in [0.15, 0.2) is 23.9 Å². The van der Waals surface area contributed by atoms with Crippen LogP contribution < -0.4 is 24.3 Å². The SMILES string of the molecule is O=C(COc1ccc2c(c1)OC1(CCCCC1)CC2=O)Nc1ccc2c(c1)OCO2. The van der Waals surface area contributed by atoms with Crippen LogP contribution in [0.1, 0.15) is 48.9 Å². The van der Waals surface area contributed by atoms with Crippen molar-refractivity contribution in [1.82, 2.24) is 0 Å². The van der Waals surface area contributed by atoms with Crippen molar-refractivity contribution in [2.45, 2.75) is 44.1 Å². The largest absolute Gasteiger partial charge is 0.486 e. The Bertz CT molecular complexity index is 995. The first-order valence-corrected chi connectivity index (χ1v) is 10.3. The molecule has 1 N–H and O–H groups in total. The van der Waals surface area contributed by atoms with Gasteiger partial charge >= 0.3 is 0 Å². The number of fused-ring (bicyclic) bond motifs is 2. The first-order chi connectivity index (χ1) is 14.6. The Labute approximate surface area is 174 Å². The van der Waals surface area contributed by atoms with Crippen LogP contribution in [-0.4, -0.2) is 30.7 Å². The molecular weight excluding hydrogens is 386 g/mol. The molecule has 7 heteroatoms. The minimum absolute atomic E-state index is 0.116. The second kappa shape index (κ2) is 7.55. The zero-order valence-electron chi connectivity index (χ0n) is 16.6. The van der Waals surface area contributed by atoms with Crippen molar-refractivity contribution in [3.63, 3.8) is 0 Å². The van der Waals surface area contributed by atoms with E-state index in [0.717, 1.165) is 25.7 Å². The van der Waals surface area contributed by atoms with E-state index in [1.807, 2.05) is 0 Å². The van der Waals surface area contributed by atoms with Gasteiger partial charge in [-0.15, -0.1) is 0 Å². The summed E-state index contributed by atoms with van der Waals surface area (Å²) >= 11 is 0. The number of carbonyl (C=O) groups is 2. The van der Waals surface area contributed by atoms with Gasteiger partial charge in [-0.2, -0.15) is 0 Å². The summed E-state index contributed by atoms with van der Waals surface area (Å²) < 4.78 is 22.5. The van der Waals surface area contributed by atoms with Crippen molar-refractivity contribution in [1.29, 1.82) is 0 Å². The summed E-state index contributed by atoms with van der Waals surface area (Å²) in [6.45, 7) is 0.0202. The topological polar surface area (TPSA) is 83.1 Å². The summed E-state index contributed by atoms with van der Waals surface area (Å²) in [6.07, 6.45) is 5.60. The molecule has 30 heavy (non-hydrogen) atoms. The molecule has 7 nitrogen and oxygen atoms in total. The number of Topliss-reactive ketones (excluding diaryl/α,β-unsaturated/α-hetero) is 1. The fraction of sp³-hybridized carbons (Fsp3) is 0.391. The lowest BCUT2D eigenvalue weighted by atomic mass is 9.78. The fourth-order valence-electron chi connectivity index (χ4n) is 4.36. The van der Waals surface area contributed by atoms with Crippen LogP contribution in [0.15, 0.2) is 36.4 Å². The van der Waals surface area contributed by atoms with Crippen molar-refractivity contribution in [2.24, 2.45) is 0 Å². The van der Waals surface area contributed by atoms with Crippen LogP contribution in [0.3, 0.4) is 0 Å². The smallest absolute Gasteiger partial charge is 0.262 e. The van der Waals surface area contributed by atoms with Crippen LogP contribution in [0, 0.1) is 0 Å². The van der Waals surface area contributed by atoms with E-state index in [1.165, 1.54) is 6.42 Å². The highest BCUT2D eigenvalue weighted by molar-refractivity contribution is 6.00. The molecule has 2 aromatic rings. The molecule has 0 aromatic heterocycles. The Hall–Kier alpha value is -3.22. The van der Waals surface area contributed by atoms with E-state index < -0.39 is 0 Å². The number of nitrogens with one attached hydrogen (secondary N) is 1. The Balaban J connectivity index is 1.23. The fourth-order valence-corrected chi connectivity index (χ4v) is 4.36. The van der Waals surface area contributed by atoms with Crippen molar-refractivity contribution in [3.05, 3.63) is 42.0 Å². The van der Waals surface area contributed by atoms with Gasteiger partial charge in [0.05, 0.1) is 12.0 Å². The number of carbonyl (C=O) groups excluding carboxylic acids is 2. The number of anilines is 1. The van der Waals surface area contributed by atoms with Crippen molar-refractivity contribution >= 4 is 17.4 Å². The van der Waals surface area contributed by atoms with Crippen LogP contribution >= 0.6 is 0 Å². The normalized spacial score (nSPS) is 18.5. The zero-order valence-corrected chi connectivity index (χ0v) is 16.6. The number of ketones is 1. The number of ether oxygens (including phenoxy) is 4. The second-order valence-corrected chi connectivity index (χ2v) is 8.01. The van der Waals surface area contributed by atoms with Crippen LogP contribution in [0.2, 0.25) is 0 Å². The van der Waals surface area contributed by atoms with E-state index in [4.69, 9.17) is 18.9 Å². The third-order valence-electron chi connectivity index (χ3n) is 5.85. The molecule has 5 rings (SSSR count). The summed E-state index contributed by atoms with van der Waals surface area (Å²) in [6, 6.07) is 10.3. The van der Waals surface area contributed by atoms with E-state index in [2.05, 4.69) is 5.32 Å². The maximum absolute atomic E-state index is 12.6. The molecule has 156 valence electrons. The predicted octanol–water partition coefficient (Wildman–Crippen LogP) is 4.10. The van der Waals surface area contributed by atoms with Gasteiger partial charge in [0.2, 0.25) is 6.79 Å². The predicted molar refractivity (Wildman–Crippen MR) is 109 cm³/mol. The van der Waals surface area contributed by atoms with E-state index in [-0.39, 0.29) is 30.7 Å². The average molecular weight is 409 g/mol. The lowest BCUT2D eigenvalue weighted by Gasteiger charge is -2.40. The molecule has 0 atom stereocenters. The first kappa shape index (κ1) is 18.8. The highest BCUT2D eigenvalue weighted by Gasteiger charge is 2.41. The quantitative estimate of drug-likeness (QED) is 0.819. The molecule has 1 aliphatic carbocycles. The Morgan fingerprint density at radius 2 is 1.83 bits per heavy atom. The average Bonchev–Trinajstić information content (AvgIpc) is 3.20. The maximum atomic E-state index is 12.6. The van der Waals surface area contributed by atoms with Gasteiger partial charge in [-0.1, -0.05) is 6.42 Å². The Kier molecular flexibility index (Phi) is 4.73. The highest BCUT2D eigenvalue weighted by atomic mass is 16.7. The van der Waals surface area contributed by atoms with Gasteiger partial charge in [-0.05, 0) is 49.9 Å².